The van der Waals surface area contributed by atoms with Crippen molar-refractivity contribution < 1.29 is 4.42 Å². The van der Waals surface area contributed by atoms with E-state index in [9.17, 15) is 0 Å². The summed E-state index contributed by atoms with van der Waals surface area (Å²) in [5.41, 5.74) is 2.19. The summed E-state index contributed by atoms with van der Waals surface area (Å²) in [4.78, 5) is 0. The molecule has 18 heavy (non-hydrogen) atoms. The molecular weight excluding hydrogens is 226 g/mol. The summed E-state index contributed by atoms with van der Waals surface area (Å²) in [7, 11) is 0. The van der Waals surface area contributed by atoms with Crippen molar-refractivity contribution in [1.82, 2.24) is 15.5 Å². The van der Waals surface area contributed by atoms with Crippen LogP contribution in [0.25, 0.3) is 11.5 Å². The average molecular weight is 243 g/mol. The van der Waals surface area contributed by atoms with E-state index in [0.29, 0.717) is 11.8 Å². The molecule has 0 radical (unpaired) electrons. The van der Waals surface area contributed by atoms with Crippen molar-refractivity contribution >= 4 is 0 Å². The van der Waals surface area contributed by atoms with E-state index >= 15 is 0 Å². The Bertz CT molecular complexity index is 529. The highest BCUT2D eigenvalue weighted by atomic mass is 16.4. The Morgan fingerprint density at radius 3 is 2.94 bits per heavy atom. The van der Waals surface area contributed by atoms with Gasteiger partial charge in [-0.25, -0.2) is 0 Å². The summed E-state index contributed by atoms with van der Waals surface area (Å²) in [5.74, 6) is 1.76. The average Bonchev–Trinajstić information content (AvgIpc) is 2.90. The van der Waals surface area contributed by atoms with Crippen LogP contribution in [0.3, 0.4) is 0 Å². The van der Waals surface area contributed by atoms with Gasteiger partial charge in [-0.2, -0.15) is 0 Å². The Morgan fingerprint density at radius 2 is 2.17 bits per heavy atom. The largest absolute Gasteiger partial charge is 0.420 e. The summed E-state index contributed by atoms with van der Waals surface area (Å²) >= 11 is 0. The highest BCUT2D eigenvalue weighted by Crippen LogP contribution is 2.27. The molecule has 1 aliphatic rings. The molecule has 94 valence electrons. The molecule has 2 aromatic rings. The number of rotatable bonds is 2. The highest BCUT2D eigenvalue weighted by molar-refractivity contribution is 5.57. The van der Waals surface area contributed by atoms with Crippen LogP contribution in [0.4, 0.5) is 0 Å². The lowest BCUT2D eigenvalue weighted by Gasteiger charge is -2.18. The van der Waals surface area contributed by atoms with Crippen molar-refractivity contribution in [3.63, 3.8) is 0 Å². The number of aryl methyl sites for hydroxylation is 1. The van der Waals surface area contributed by atoms with Gasteiger partial charge in [-0.15, -0.1) is 10.2 Å². The first kappa shape index (κ1) is 11.4. The molecule has 4 nitrogen and oxygen atoms in total. The van der Waals surface area contributed by atoms with Crippen LogP contribution >= 0.6 is 0 Å². The van der Waals surface area contributed by atoms with E-state index in [4.69, 9.17) is 4.42 Å². The van der Waals surface area contributed by atoms with Crippen LogP contribution in [-0.4, -0.2) is 23.3 Å². The minimum absolute atomic E-state index is 0.365. The summed E-state index contributed by atoms with van der Waals surface area (Å²) < 4.78 is 5.83. The van der Waals surface area contributed by atoms with E-state index in [1.165, 1.54) is 6.42 Å². The summed E-state index contributed by atoms with van der Waals surface area (Å²) in [5, 5.41) is 11.7. The molecule has 1 aromatic carbocycles. The van der Waals surface area contributed by atoms with Crippen molar-refractivity contribution in [1.29, 1.82) is 0 Å². The monoisotopic (exact) mass is 243 g/mol. The van der Waals surface area contributed by atoms with Gasteiger partial charge in [0.2, 0.25) is 11.8 Å². The van der Waals surface area contributed by atoms with E-state index in [2.05, 4.69) is 28.5 Å². The number of piperidine rings is 1. The molecule has 0 unspecified atom stereocenters. The Kier molecular flexibility index (Phi) is 3.11. The predicted octanol–water partition coefficient (Wildman–Crippen LogP) is 2.51. The number of benzene rings is 1. The second-order valence-corrected chi connectivity index (χ2v) is 4.80. The second-order valence-electron chi connectivity index (χ2n) is 4.80. The first-order valence-electron chi connectivity index (χ1n) is 6.45. The van der Waals surface area contributed by atoms with Gasteiger partial charge in [0, 0.05) is 18.0 Å². The zero-order chi connectivity index (χ0) is 12.4. The zero-order valence-corrected chi connectivity index (χ0v) is 10.5. The van der Waals surface area contributed by atoms with Crippen LogP contribution < -0.4 is 5.32 Å². The summed E-state index contributed by atoms with van der Waals surface area (Å²) in [6.07, 6.45) is 2.30. The van der Waals surface area contributed by atoms with Crippen molar-refractivity contribution in [3.05, 3.63) is 35.7 Å². The number of hydrogen-bond acceptors (Lipinski definition) is 4. The van der Waals surface area contributed by atoms with Gasteiger partial charge < -0.3 is 9.73 Å². The molecule has 1 aromatic heterocycles. The van der Waals surface area contributed by atoms with Crippen LogP contribution in [-0.2, 0) is 0 Å². The number of nitrogens with zero attached hydrogens (tertiary/aromatic N) is 2. The van der Waals surface area contributed by atoms with Gasteiger partial charge in [0.05, 0.1) is 0 Å². The van der Waals surface area contributed by atoms with Gasteiger partial charge in [0.15, 0.2) is 0 Å². The molecule has 1 saturated heterocycles. The van der Waals surface area contributed by atoms with E-state index < -0.39 is 0 Å². The molecule has 3 rings (SSSR count). The molecule has 1 aliphatic heterocycles. The van der Waals surface area contributed by atoms with E-state index in [1.807, 2.05) is 18.2 Å². The molecule has 0 amide bonds. The van der Waals surface area contributed by atoms with Crippen molar-refractivity contribution in [2.24, 2.45) is 0 Å². The number of nitrogens with one attached hydrogen (secondary N) is 1. The third kappa shape index (κ3) is 2.16. The third-order valence-electron chi connectivity index (χ3n) is 3.46. The fourth-order valence-corrected chi connectivity index (χ4v) is 2.38. The van der Waals surface area contributed by atoms with Crippen molar-refractivity contribution in [2.75, 3.05) is 13.1 Å². The molecule has 0 spiro atoms. The summed E-state index contributed by atoms with van der Waals surface area (Å²) in [6, 6.07) is 8.09. The molecule has 2 heterocycles. The van der Waals surface area contributed by atoms with Crippen molar-refractivity contribution in [3.8, 4) is 11.5 Å². The maximum absolute atomic E-state index is 5.83. The van der Waals surface area contributed by atoms with Gasteiger partial charge in [0.25, 0.3) is 0 Å². The maximum atomic E-state index is 5.83. The first-order valence-corrected chi connectivity index (χ1v) is 6.45. The van der Waals surface area contributed by atoms with Crippen LogP contribution in [0.2, 0.25) is 0 Å². The molecule has 0 bridgehead atoms. The second kappa shape index (κ2) is 4.90. The molecule has 0 saturated carbocycles. The smallest absolute Gasteiger partial charge is 0.248 e. The first-order chi connectivity index (χ1) is 8.84. The van der Waals surface area contributed by atoms with Crippen LogP contribution in [0.1, 0.15) is 30.2 Å². The number of hydrogen-bond donors (Lipinski definition) is 1. The lowest BCUT2D eigenvalue weighted by molar-refractivity contribution is 0.380. The molecular formula is C14H17N3O. The predicted molar refractivity (Wildman–Crippen MR) is 69.3 cm³/mol. The van der Waals surface area contributed by atoms with Gasteiger partial charge in [0.1, 0.15) is 0 Å². The van der Waals surface area contributed by atoms with Crippen molar-refractivity contribution in [2.45, 2.75) is 25.7 Å². The minimum atomic E-state index is 0.365. The van der Waals surface area contributed by atoms with Crippen LogP contribution in [0.15, 0.2) is 28.7 Å². The fourth-order valence-electron chi connectivity index (χ4n) is 2.38. The van der Waals surface area contributed by atoms with Crippen LogP contribution in [0.5, 0.6) is 0 Å². The minimum Gasteiger partial charge on any atom is -0.420 e. The normalized spacial score (nSPS) is 19.9. The molecule has 4 heteroatoms. The zero-order valence-electron chi connectivity index (χ0n) is 10.5. The topological polar surface area (TPSA) is 51.0 Å². The number of aromatic nitrogens is 2. The lowest BCUT2D eigenvalue weighted by Crippen LogP contribution is -2.28. The maximum Gasteiger partial charge on any atom is 0.248 e. The lowest BCUT2D eigenvalue weighted by atomic mass is 10.00. The Hall–Kier alpha value is -1.68. The Labute approximate surface area is 106 Å². The summed E-state index contributed by atoms with van der Waals surface area (Å²) in [6.45, 7) is 4.09. The standard InChI is InChI=1S/C14H17N3O/c1-10-5-2-3-7-12(10)14-17-16-13(18-14)11-6-4-8-15-9-11/h2-3,5,7,11,15H,4,6,8-9H2,1H3/t11-/m1/s1. The molecule has 1 N–H and O–H groups in total. The molecule has 1 fully saturated rings. The van der Waals surface area contributed by atoms with E-state index in [0.717, 1.165) is 36.5 Å². The Morgan fingerprint density at radius 1 is 1.28 bits per heavy atom. The van der Waals surface area contributed by atoms with Gasteiger partial charge >= 0.3 is 0 Å². The quantitative estimate of drug-likeness (QED) is 0.880. The van der Waals surface area contributed by atoms with Crippen LogP contribution in [0, 0.1) is 6.92 Å². The van der Waals surface area contributed by atoms with E-state index in [1.54, 1.807) is 0 Å². The Balaban J connectivity index is 1.87. The van der Waals surface area contributed by atoms with Gasteiger partial charge in [-0.05, 0) is 37.9 Å². The van der Waals surface area contributed by atoms with Gasteiger partial charge in [-0.1, -0.05) is 18.2 Å². The third-order valence-corrected chi connectivity index (χ3v) is 3.46. The fraction of sp³-hybridized carbons (Fsp3) is 0.429. The van der Waals surface area contributed by atoms with E-state index in [-0.39, 0.29) is 0 Å². The van der Waals surface area contributed by atoms with Gasteiger partial charge in [-0.3, -0.25) is 0 Å². The SMILES string of the molecule is Cc1ccccc1-c1nnc([C@@H]2CCCNC2)o1. The molecule has 1 atom stereocenters. The highest BCUT2D eigenvalue weighted by Gasteiger charge is 2.21. The molecule has 0 aliphatic carbocycles.